The molecule has 0 saturated carbocycles. The van der Waals surface area contributed by atoms with Crippen LogP contribution in [0.1, 0.15) is 42.8 Å². The van der Waals surface area contributed by atoms with Gasteiger partial charge in [0.1, 0.15) is 0 Å². The van der Waals surface area contributed by atoms with E-state index in [1.165, 1.54) is 12.0 Å². The fourth-order valence-corrected chi connectivity index (χ4v) is 3.07. The lowest BCUT2D eigenvalue weighted by Gasteiger charge is -2.22. The Morgan fingerprint density at radius 2 is 2.30 bits per heavy atom. The van der Waals surface area contributed by atoms with Crippen molar-refractivity contribution < 1.29 is 4.52 Å². The van der Waals surface area contributed by atoms with Gasteiger partial charge in [0.05, 0.1) is 11.7 Å². The smallest absolute Gasteiger partial charge is 0.154 e. The topological polar surface area (TPSA) is 29.3 Å². The molecule has 106 valence electrons. The highest BCUT2D eigenvalue weighted by molar-refractivity contribution is 6.30. The Hall–Kier alpha value is -1.32. The second kappa shape index (κ2) is 5.98. The summed E-state index contributed by atoms with van der Waals surface area (Å²) < 4.78 is 5.51. The molecule has 0 amide bonds. The maximum atomic E-state index is 6.06. The van der Waals surface area contributed by atoms with Gasteiger partial charge in [-0.15, -0.1) is 0 Å². The molecule has 0 aliphatic carbocycles. The van der Waals surface area contributed by atoms with Crippen LogP contribution in [-0.4, -0.2) is 16.6 Å². The molecular weight excluding hydrogens is 272 g/mol. The van der Waals surface area contributed by atoms with Crippen LogP contribution in [0.4, 0.5) is 0 Å². The summed E-state index contributed by atoms with van der Waals surface area (Å²) in [6, 6.07) is 10.5. The second-order valence-corrected chi connectivity index (χ2v) is 5.77. The van der Waals surface area contributed by atoms with E-state index in [-0.39, 0.29) is 0 Å². The van der Waals surface area contributed by atoms with Crippen LogP contribution in [0.15, 0.2) is 34.9 Å². The van der Waals surface area contributed by atoms with Gasteiger partial charge in [-0.05, 0) is 43.5 Å². The van der Waals surface area contributed by atoms with Crippen molar-refractivity contribution in [2.75, 3.05) is 6.54 Å². The van der Waals surface area contributed by atoms with Crippen LogP contribution in [0.3, 0.4) is 0 Å². The maximum Gasteiger partial charge on any atom is 0.154 e. The van der Waals surface area contributed by atoms with Crippen molar-refractivity contribution in [3.8, 4) is 0 Å². The van der Waals surface area contributed by atoms with Crippen molar-refractivity contribution in [1.29, 1.82) is 0 Å². The Balaban J connectivity index is 1.75. The van der Waals surface area contributed by atoms with Crippen molar-refractivity contribution in [2.24, 2.45) is 0 Å². The monoisotopic (exact) mass is 290 g/mol. The summed E-state index contributed by atoms with van der Waals surface area (Å²) in [6.45, 7) is 4.10. The van der Waals surface area contributed by atoms with E-state index in [0.717, 1.165) is 42.4 Å². The molecule has 1 fully saturated rings. The minimum atomic E-state index is 0.349. The summed E-state index contributed by atoms with van der Waals surface area (Å²) in [5.41, 5.74) is 2.29. The number of hydrogen-bond donors (Lipinski definition) is 0. The zero-order valence-corrected chi connectivity index (χ0v) is 12.4. The van der Waals surface area contributed by atoms with E-state index in [9.17, 15) is 0 Å². The van der Waals surface area contributed by atoms with Crippen LogP contribution in [0.25, 0.3) is 0 Å². The Bertz CT molecular complexity index is 581. The summed E-state index contributed by atoms with van der Waals surface area (Å²) >= 11 is 6.06. The first-order chi connectivity index (χ1) is 9.76. The van der Waals surface area contributed by atoms with Crippen molar-refractivity contribution in [1.82, 2.24) is 10.1 Å². The molecule has 3 rings (SSSR count). The molecule has 0 unspecified atom stereocenters. The normalized spacial score (nSPS) is 19.6. The average Bonchev–Trinajstić information content (AvgIpc) is 3.06. The quantitative estimate of drug-likeness (QED) is 0.844. The number of nitrogens with zero attached hydrogens (tertiary/aromatic N) is 2. The lowest BCUT2D eigenvalue weighted by Crippen LogP contribution is -2.22. The highest BCUT2D eigenvalue weighted by Gasteiger charge is 2.29. The van der Waals surface area contributed by atoms with Gasteiger partial charge in [-0.1, -0.05) is 35.8 Å². The van der Waals surface area contributed by atoms with Crippen LogP contribution in [0, 0.1) is 0 Å². The van der Waals surface area contributed by atoms with Crippen LogP contribution in [-0.2, 0) is 13.0 Å². The minimum Gasteiger partial charge on any atom is -0.359 e. The highest BCUT2D eigenvalue weighted by atomic mass is 35.5. The lowest BCUT2D eigenvalue weighted by molar-refractivity contribution is 0.206. The number of hydrogen-bond acceptors (Lipinski definition) is 3. The molecule has 1 saturated heterocycles. The molecule has 3 nitrogen and oxygen atoms in total. The number of benzene rings is 1. The SMILES string of the molecule is CCc1cc([C@H]2CCCN2Cc2cccc(Cl)c2)on1. The molecule has 0 radical (unpaired) electrons. The molecule has 1 aromatic heterocycles. The van der Waals surface area contributed by atoms with E-state index in [2.05, 4.69) is 29.1 Å². The molecule has 1 atom stereocenters. The van der Waals surface area contributed by atoms with Crippen LogP contribution >= 0.6 is 11.6 Å². The van der Waals surface area contributed by atoms with Crippen LogP contribution in [0.2, 0.25) is 5.02 Å². The van der Waals surface area contributed by atoms with Gasteiger partial charge in [-0.25, -0.2) is 0 Å². The van der Waals surface area contributed by atoms with Gasteiger partial charge in [-0.2, -0.15) is 0 Å². The fraction of sp³-hybridized carbons (Fsp3) is 0.438. The molecule has 1 aliphatic rings. The summed E-state index contributed by atoms with van der Waals surface area (Å²) in [6.07, 6.45) is 3.26. The van der Waals surface area contributed by atoms with Gasteiger partial charge < -0.3 is 4.52 Å². The number of aromatic nitrogens is 1. The summed E-state index contributed by atoms with van der Waals surface area (Å²) in [7, 11) is 0. The first-order valence-corrected chi connectivity index (χ1v) is 7.58. The van der Waals surface area contributed by atoms with Crippen molar-refractivity contribution in [3.05, 3.63) is 52.4 Å². The number of rotatable bonds is 4. The van der Waals surface area contributed by atoms with E-state index in [1.54, 1.807) is 0 Å². The Kier molecular flexibility index (Phi) is 4.08. The second-order valence-electron chi connectivity index (χ2n) is 5.33. The number of likely N-dealkylation sites (tertiary alicyclic amines) is 1. The molecular formula is C16H19ClN2O. The summed E-state index contributed by atoms with van der Waals surface area (Å²) in [5, 5.41) is 4.91. The van der Waals surface area contributed by atoms with Gasteiger partial charge >= 0.3 is 0 Å². The summed E-state index contributed by atoms with van der Waals surface area (Å²) in [5.74, 6) is 1.00. The number of aryl methyl sites for hydroxylation is 1. The molecule has 20 heavy (non-hydrogen) atoms. The van der Waals surface area contributed by atoms with E-state index in [4.69, 9.17) is 16.1 Å². The maximum absolute atomic E-state index is 6.06. The Morgan fingerprint density at radius 3 is 3.05 bits per heavy atom. The summed E-state index contributed by atoms with van der Waals surface area (Å²) in [4.78, 5) is 2.45. The molecule has 1 aromatic carbocycles. The van der Waals surface area contributed by atoms with Crippen molar-refractivity contribution in [2.45, 2.75) is 38.8 Å². The molecule has 2 aromatic rings. The predicted molar refractivity (Wildman–Crippen MR) is 79.7 cm³/mol. The average molecular weight is 291 g/mol. The molecule has 2 heterocycles. The van der Waals surface area contributed by atoms with E-state index in [0.29, 0.717) is 6.04 Å². The third-order valence-corrected chi connectivity index (χ3v) is 4.14. The third-order valence-electron chi connectivity index (χ3n) is 3.91. The first kappa shape index (κ1) is 13.7. The first-order valence-electron chi connectivity index (χ1n) is 7.20. The lowest BCUT2D eigenvalue weighted by atomic mass is 10.1. The molecule has 0 spiro atoms. The standard InChI is InChI=1S/C16H19ClN2O/c1-2-14-10-16(20-18-14)15-7-4-8-19(15)11-12-5-3-6-13(17)9-12/h3,5-6,9-10,15H,2,4,7-8,11H2,1H3/t15-/m1/s1. The van der Waals surface area contributed by atoms with Gasteiger partial charge in [-0.3, -0.25) is 4.90 Å². The van der Waals surface area contributed by atoms with E-state index in [1.807, 2.05) is 18.2 Å². The zero-order chi connectivity index (χ0) is 13.9. The van der Waals surface area contributed by atoms with E-state index >= 15 is 0 Å². The zero-order valence-electron chi connectivity index (χ0n) is 11.7. The van der Waals surface area contributed by atoms with Gasteiger partial charge in [0.15, 0.2) is 5.76 Å². The molecule has 1 aliphatic heterocycles. The molecule has 0 bridgehead atoms. The third kappa shape index (κ3) is 2.89. The van der Waals surface area contributed by atoms with Gasteiger partial charge in [0, 0.05) is 17.6 Å². The van der Waals surface area contributed by atoms with Crippen LogP contribution in [0.5, 0.6) is 0 Å². The van der Waals surface area contributed by atoms with Crippen LogP contribution < -0.4 is 0 Å². The molecule has 4 heteroatoms. The fourth-order valence-electron chi connectivity index (χ4n) is 2.86. The minimum absolute atomic E-state index is 0.349. The van der Waals surface area contributed by atoms with Crippen molar-refractivity contribution >= 4 is 11.6 Å². The Morgan fingerprint density at radius 1 is 1.40 bits per heavy atom. The largest absolute Gasteiger partial charge is 0.359 e. The Labute approximate surface area is 124 Å². The molecule has 0 N–H and O–H groups in total. The predicted octanol–water partition coefficient (Wildman–Crippen LogP) is 4.23. The van der Waals surface area contributed by atoms with Gasteiger partial charge in [0.2, 0.25) is 0 Å². The van der Waals surface area contributed by atoms with E-state index < -0.39 is 0 Å². The highest BCUT2D eigenvalue weighted by Crippen LogP contribution is 2.33. The number of halogens is 1. The van der Waals surface area contributed by atoms with Gasteiger partial charge in [0.25, 0.3) is 0 Å². The van der Waals surface area contributed by atoms with Crippen molar-refractivity contribution in [3.63, 3.8) is 0 Å².